The number of esters is 1. The van der Waals surface area contributed by atoms with Gasteiger partial charge in [0.15, 0.2) is 0 Å². The van der Waals surface area contributed by atoms with E-state index in [9.17, 15) is 19.5 Å². The third kappa shape index (κ3) is 3.71. The van der Waals surface area contributed by atoms with E-state index in [4.69, 9.17) is 5.11 Å². The number of amides is 1. The van der Waals surface area contributed by atoms with Gasteiger partial charge < -0.3 is 20.3 Å². The van der Waals surface area contributed by atoms with Gasteiger partial charge in [-0.25, -0.2) is 4.79 Å². The Morgan fingerprint density at radius 2 is 2.00 bits per heavy atom. The number of benzene rings is 1. The van der Waals surface area contributed by atoms with Crippen molar-refractivity contribution in [2.45, 2.75) is 19.4 Å². The lowest BCUT2D eigenvalue weighted by Gasteiger charge is -2.14. The number of aromatic hydroxyl groups is 1. The Hall–Kier alpha value is -2.57. The van der Waals surface area contributed by atoms with Crippen LogP contribution in [0.5, 0.6) is 5.75 Å². The molecule has 0 saturated heterocycles. The molecule has 0 aliphatic carbocycles. The Labute approximate surface area is 115 Å². The summed E-state index contributed by atoms with van der Waals surface area (Å²) in [5.41, 5.74) is 0.429. The highest BCUT2D eigenvalue weighted by molar-refractivity contribution is 5.99. The zero-order valence-electron chi connectivity index (χ0n) is 11.0. The van der Waals surface area contributed by atoms with Gasteiger partial charge in [-0.05, 0) is 18.6 Å². The van der Waals surface area contributed by atoms with Crippen molar-refractivity contribution < 1.29 is 29.3 Å². The molecule has 0 aliphatic rings. The third-order valence-electron chi connectivity index (χ3n) is 2.68. The van der Waals surface area contributed by atoms with E-state index in [1.807, 2.05) is 0 Å². The van der Waals surface area contributed by atoms with Crippen LogP contribution in [0.15, 0.2) is 18.2 Å². The molecule has 7 heteroatoms. The van der Waals surface area contributed by atoms with Crippen LogP contribution in [-0.2, 0) is 14.3 Å². The summed E-state index contributed by atoms with van der Waals surface area (Å²) in [6.45, 7) is 1.61. The molecule has 0 saturated carbocycles. The molecule has 20 heavy (non-hydrogen) atoms. The maximum Gasteiger partial charge on any atom is 0.326 e. The van der Waals surface area contributed by atoms with Crippen molar-refractivity contribution in [3.05, 3.63) is 29.3 Å². The highest BCUT2D eigenvalue weighted by Crippen LogP contribution is 2.21. The summed E-state index contributed by atoms with van der Waals surface area (Å²) in [7, 11) is 1.12. The molecule has 1 aromatic rings. The molecule has 0 bridgehead atoms. The topological polar surface area (TPSA) is 113 Å². The molecule has 1 atom stereocenters. The maximum absolute atomic E-state index is 11.9. The first kappa shape index (κ1) is 15.5. The van der Waals surface area contributed by atoms with Gasteiger partial charge in [-0.2, -0.15) is 0 Å². The van der Waals surface area contributed by atoms with E-state index in [0.717, 1.165) is 7.11 Å². The first-order valence-corrected chi connectivity index (χ1v) is 5.76. The van der Waals surface area contributed by atoms with Crippen molar-refractivity contribution >= 4 is 17.8 Å². The average Bonchev–Trinajstić information content (AvgIpc) is 2.40. The Morgan fingerprint density at radius 3 is 2.55 bits per heavy atom. The van der Waals surface area contributed by atoms with Crippen molar-refractivity contribution in [3.8, 4) is 5.75 Å². The Kier molecular flexibility index (Phi) is 5.08. The monoisotopic (exact) mass is 281 g/mol. The molecule has 3 N–H and O–H groups in total. The van der Waals surface area contributed by atoms with Gasteiger partial charge in [0.1, 0.15) is 11.8 Å². The van der Waals surface area contributed by atoms with Crippen molar-refractivity contribution in [3.63, 3.8) is 0 Å². The molecule has 0 aromatic heterocycles. The van der Waals surface area contributed by atoms with Gasteiger partial charge >= 0.3 is 11.9 Å². The molecule has 1 aromatic carbocycles. The first-order valence-electron chi connectivity index (χ1n) is 5.76. The van der Waals surface area contributed by atoms with E-state index in [-0.39, 0.29) is 11.3 Å². The number of phenols is 1. The average molecular weight is 281 g/mol. The van der Waals surface area contributed by atoms with E-state index in [0.29, 0.717) is 5.56 Å². The quantitative estimate of drug-likeness (QED) is 0.675. The van der Waals surface area contributed by atoms with Gasteiger partial charge in [0.05, 0.1) is 19.1 Å². The largest absolute Gasteiger partial charge is 0.507 e. The molecular formula is C13H15NO6. The molecule has 0 unspecified atom stereocenters. The maximum atomic E-state index is 11.9. The van der Waals surface area contributed by atoms with Crippen molar-refractivity contribution in [2.24, 2.45) is 0 Å². The lowest BCUT2D eigenvalue weighted by Crippen LogP contribution is -2.42. The summed E-state index contributed by atoms with van der Waals surface area (Å²) in [4.78, 5) is 34.0. The predicted molar refractivity (Wildman–Crippen MR) is 68.4 cm³/mol. The van der Waals surface area contributed by atoms with Gasteiger partial charge in [-0.3, -0.25) is 9.59 Å². The number of rotatable bonds is 5. The van der Waals surface area contributed by atoms with Crippen LogP contribution in [0.3, 0.4) is 0 Å². The molecular weight excluding hydrogens is 266 g/mol. The van der Waals surface area contributed by atoms with Crippen molar-refractivity contribution in [1.82, 2.24) is 5.32 Å². The fourth-order valence-corrected chi connectivity index (χ4v) is 1.53. The lowest BCUT2D eigenvalue weighted by atomic mass is 10.1. The number of carbonyl (C=O) groups excluding carboxylic acids is 2. The minimum atomic E-state index is -1.42. The summed E-state index contributed by atoms with van der Waals surface area (Å²) in [6.07, 6.45) is -0.496. The second-order valence-corrected chi connectivity index (χ2v) is 4.12. The van der Waals surface area contributed by atoms with Crippen LogP contribution < -0.4 is 5.32 Å². The van der Waals surface area contributed by atoms with Gasteiger partial charge in [-0.15, -0.1) is 0 Å². The summed E-state index contributed by atoms with van der Waals surface area (Å²) < 4.78 is 4.36. The fourth-order valence-electron chi connectivity index (χ4n) is 1.53. The second kappa shape index (κ2) is 6.55. The van der Waals surface area contributed by atoms with Crippen LogP contribution in [0, 0.1) is 6.92 Å². The fraction of sp³-hybridized carbons (Fsp3) is 0.308. The van der Waals surface area contributed by atoms with Crippen LogP contribution in [0.25, 0.3) is 0 Å². The number of carboxylic acid groups (broad SMARTS) is 1. The summed E-state index contributed by atoms with van der Waals surface area (Å²) in [5.74, 6) is -3.13. The molecule has 1 amide bonds. The van der Waals surface area contributed by atoms with E-state index in [2.05, 4.69) is 10.1 Å². The smallest absolute Gasteiger partial charge is 0.326 e. The van der Waals surface area contributed by atoms with Gasteiger partial charge in [0, 0.05) is 0 Å². The van der Waals surface area contributed by atoms with Crippen LogP contribution in [-0.4, -0.2) is 41.2 Å². The molecule has 0 aliphatic heterocycles. The van der Waals surface area contributed by atoms with Crippen LogP contribution in [0.4, 0.5) is 0 Å². The molecule has 0 heterocycles. The van der Waals surface area contributed by atoms with E-state index in [1.165, 1.54) is 6.07 Å². The minimum Gasteiger partial charge on any atom is -0.507 e. The number of methoxy groups -OCH3 is 1. The van der Waals surface area contributed by atoms with Crippen molar-refractivity contribution in [2.75, 3.05) is 7.11 Å². The molecule has 1 rings (SSSR count). The number of aliphatic carboxylic acids is 1. The number of carbonyl (C=O) groups is 3. The Balaban J connectivity index is 2.88. The first-order chi connectivity index (χ1) is 9.36. The normalized spacial score (nSPS) is 11.5. The number of phenolic OH excluding ortho intramolecular Hbond substituents is 1. The van der Waals surface area contributed by atoms with Crippen molar-refractivity contribution in [1.29, 1.82) is 0 Å². The van der Waals surface area contributed by atoms with Crippen LogP contribution >= 0.6 is 0 Å². The molecule has 0 spiro atoms. The molecule has 7 nitrogen and oxygen atoms in total. The van der Waals surface area contributed by atoms with Crippen LogP contribution in [0.2, 0.25) is 0 Å². The number of nitrogens with one attached hydrogen (secondary N) is 1. The highest BCUT2D eigenvalue weighted by Gasteiger charge is 2.25. The third-order valence-corrected chi connectivity index (χ3v) is 2.68. The van der Waals surface area contributed by atoms with E-state index >= 15 is 0 Å². The second-order valence-electron chi connectivity index (χ2n) is 4.12. The summed E-state index contributed by atoms with van der Waals surface area (Å²) in [6, 6.07) is 3.10. The minimum absolute atomic E-state index is 0.0545. The number of para-hydroxylation sites is 1. The SMILES string of the molecule is COC(=O)C[C@H](NC(=O)c1cccc(C)c1O)C(=O)O. The van der Waals surface area contributed by atoms with Gasteiger partial charge in [-0.1, -0.05) is 12.1 Å². The number of hydrogen-bond donors (Lipinski definition) is 3. The number of carboxylic acids is 1. The molecule has 108 valence electrons. The Morgan fingerprint density at radius 1 is 1.35 bits per heavy atom. The number of ether oxygens (including phenoxy) is 1. The lowest BCUT2D eigenvalue weighted by molar-refractivity contribution is -0.147. The van der Waals surface area contributed by atoms with Gasteiger partial charge in [0.2, 0.25) is 0 Å². The zero-order chi connectivity index (χ0) is 15.3. The van der Waals surface area contributed by atoms with Gasteiger partial charge in [0.25, 0.3) is 5.91 Å². The summed E-state index contributed by atoms with van der Waals surface area (Å²) >= 11 is 0. The predicted octanol–water partition coefficient (Wildman–Crippen LogP) is 0.447. The Bertz CT molecular complexity index is 540. The van der Waals surface area contributed by atoms with E-state index < -0.39 is 30.3 Å². The standard InChI is InChI=1S/C13H15NO6/c1-7-4-3-5-8(11(7)16)12(17)14-9(13(18)19)6-10(15)20-2/h3-5,9,16H,6H2,1-2H3,(H,14,17)(H,18,19)/t9-/m0/s1. The zero-order valence-corrected chi connectivity index (χ0v) is 11.0. The molecule has 0 fully saturated rings. The van der Waals surface area contributed by atoms with Crippen LogP contribution in [0.1, 0.15) is 22.3 Å². The highest BCUT2D eigenvalue weighted by atomic mass is 16.5. The summed E-state index contributed by atoms with van der Waals surface area (Å²) in [5, 5.41) is 20.9. The van der Waals surface area contributed by atoms with E-state index in [1.54, 1.807) is 19.1 Å². The molecule has 0 radical (unpaired) electrons. The number of aryl methyl sites for hydroxylation is 1. The number of hydrogen-bond acceptors (Lipinski definition) is 5.